The van der Waals surface area contributed by atoms with Gasteiger partial charge in [-0.05, 0) is 67.4 Å². The van der Waals surface area contributed by atoms with Gasteiger partial charge in [-0.15, -0.1) is 11.3 Å². The maximum atomic E-state index is 5.60. The van der Waals surface area contributed by atoms with Crippen LogP contribution in [0.4, 0.5) is 0 Å². The Labute approximate surface area is 160 Å². The molecule has 2 aromatic heterocycles. The molecule has 2 aliphatic heterocycles. The second-order valence-electron chi connectivity index (χ2n) is 8.07. The van der Waals surface area contributed by atoms with Crippen LogP contribution in [0.5, 0.6) is 0 Å². The van der Waals surface area contributed by atoms with E-state index < -0.39 is 0 Å². The summed E-state index contributed by atoms with van der Waals surface area (Å²) in [5.41, 5.74) is 1.85. The summed E-state index contributed by atoms with van der Waals surface area (Å²) >= 11 is 1.90. The number of nitrogens with zero attached hydrogens (tertiary/aromatic N) is 2. The minimum absolute atomic E-state index is 0.406. The number of hydrogen-bond acceptors (Lipinski definition) is 5. The molecule has 2 fully saturated rings. The highest BCUT2D eigenvalue weighted by atomic mass is 32.1. The van der Waals surface area contributed by atoms with Crippen molar-refractivity contribution in [2.45, 2.75) is 32.9 Å². The Balaban J connectivity index is 1.39. The fraction of sp³-hybridized carbons (Fsp3) is 0.619. The first-order chi connectivity index (χ1) is 12.7. The number of ether oxygens (including phenoxy) is 1. The molecule has 0 saturated carbocycles. The molecule has 5 heteroatoms. The van der Waals surface area contributed by atoms with E-state index in [1.54, 1.807) is 6.26 Å². The van der Waals surface area contributed by atoms with Crippen LogP contribution in [0.1, 0.15) is 29.0 Å². The Morgan fingerprint density at radius 1 is 1.23 bits per heavy atom. The van der Waals surface area contributed by atoms with Gasteiger partial charge in [0.1, 0.15) is 5.76 Å². The van der Waals surface area contributed by atoms with Gasteiger partial charge < -0.3 is 9.15 Å². The Hall–Kier alpha value is -1.14. The van der Waals surface area contributed by atoms with E-state index in [2.05, 4.69) is 34.2 Å². The van der Waals surface area contributed by atoms with Crippen LogP contribution < -0.4 is 0 Å². The second-order valence-corrected chi connectivity index (χ2v) is 9.07. The molecule has 26 heavy (non-hydrogen) atoms. The summed E-state index contributed by atoms with van der Waals surface area (Å²) in [5, 5.41) is 2.22. The molecule has 0 amide bonds. The van der Waals surface area contributed by atoms with Gasteiger partial charge in [-0.25, -0.2) is 0 Å². The Morgan fingerprint density at radius 2 is 2.08 bits per heavy atom. The molecule has 4 heterocycles. The number of piperidine rings is 1. The van der Waals surface area contributed by atoms with Crippen molar-refractivity contribution in [1.82, 2.24) is 9.80 Å². The van der Waals surface area contributed by atoms with E-state index in [1.807, 2.05) is 24.5 Å². The van der Waals surface area contributed by atoms with Crippen LogP contribution >= 0.6 is 11.3 Å². The minimum Gasteiger partial charge on any atom is -0.468 e. The van der Waals surface area contributed by atoms with E-state index in [-0.39, 0.29) is 0 Å². The molecule has 0 bridgehead atoms. The van der Waals surface area contributed by atoms with Crippen LogP contribution in [-0.2, 0) is 17.8 Å². The average Bonchev–Trinajstić information content (AvgIpc) is 3.35. The third-order valence-electron chi connectivity index (χ3n) is 6.40. The smallest absolute Gasteiger partial charge is 0.117 e. The van der Waals surface area contributed by atoms with Gasteiger partial charge in [0, 0.05) is 37.5 Å². The van der Waals surface area contributed by atoms with Crippen molar-refractivity contribution in [3.8, 4) is 0 Å². The highest BCUT2D eigenvalue weighted by molar-refractivity contribution is 7.10. The highest BCUT2D eigenvalue weighted by Crippen LogP contribution is 2.45. The van der Waals surface area contributed by atoms with Crippen molar-refractivity contribution in [3.05, 3.63) is 46.0 Å². The first-order valence-corrected chi connectivity index (χ1v) is 10.6. The van der Waals surface area contributed by atoms with Gasteiger partial charge in [0.15, 0.2) is 0 Å². The van der Waals surface area contributed by atoms with Gasteiger partial charge in [-0.3, -0.25) is 9.80 Å². The van der Waals surface area contributed by atoms with Crippen molar-refractivity contribution in [2.75, 3.05) is 39.9 Å². The lowest BCUT2D eigenvalue weighted by atomic mass is 9.71. The van der Waals surface area contributed by atoms with Crippen LogP contribution in [0.25, 0.3) is 0 Å². The summed E-state index contributed by atoms with van der Waals surface area (Å²) in [6.07, 6.45) is 4.33. The van der Waals surface area contributed by atoms with E-state index in [0.717, 1.165) is 32.0 Å². The summed E-state index contributed by atoms with van der Waals surface area (Å²) in [7, 11) is 1.84. The number of thiophene rings is 1. The summed E-state index contributed by atoms with van der Waals surface area (Å²) < 4.78 is 11.2. The van der Waals surface area contributed by atoms with Crippen LogP contribution in [0.3, 0.4) is 0 Å². The number of furan rings is 1. The second kappa shape index (κ2) is 7.85. The zero-order chi connectivity index (χ0) is 18.0. The zero-order valence-corrected chi connectivity index (χ0v) is 16.8. The number of aryl methyl sites for hydroxylation is 1. The summed E-state index contributed by atoms with van der Waals surface area (Å²) in [6, 6.07) is 6.31. The first-order valence-electron chi connectivity index (χ1n) is 9.67. The predicted molar refractivity (Wildman–Crippen MR) is 105 cm³/mol. The molecule has 2 aromatic rings. The van der Waals surface area contributed by atoms with Gasteiger partial charge in [0.25, 0.3) is 0 Å². The molecule has 1 atom stereocenters. The maximum Gasteiger partial charge on any atom is 0.117 e. The first kappa shape index (κ1) is 18.2. The Bertz CT molecular complexity index is 689. The Kier molecular flexibility index (Phi) is 5.50. The van der Waals surface area contributed by atoms with Crippen molar-refractivity contribution in [3.63, 3.8) is 0 Å². The maximum absolute atomic E-state index is 5.60. The average molecular weight is 375 g/mol. The molecule has 1 spiro atoms. The molecular formula is C21H30N2O2S. The molecule has 142 valence electrons. The number of methoxy groups -OCH3 is 1. The molecule has 4 rings (SSSR count). The SMILES string of the molecule is COCC1CN(Cc2ccco2)CC12CCN(Cc1sccc1C)CC2. The third-order valence-corrected chi connectivity index (χ3v) is 7.41. The lowest BCUT2D eigenvalue weighted by Crippen LogP contribution is -2.44. The molecule has 2 aliphatic rings. The Morgan fingerprint density at radius 3 is 2.73 bits per heavy atom. The third kappa shape index (κ3) is 3.77. The van der Waals surface area contributed by atoms with Crippen molar-refractivity contribution in [2.24, 2.45) is 11.3 Å². The summed E-state index contributed by atoms with van der Waals surface area (Å²) in [5.74, 6) is 1.71. The number of likely N-dealkylation sites (tertiary alicyclic amines) is 2. The van der Waals surface area contributed by atoms with Gasteiger partial charge >= 0.3 is 0 Å². The van der Waals surface area contributed by atoms with Gasteiger partial charge in [-0.2, -0.15) is 0 Å². The van der Waals surface area contributed by atoms with Crippen molar-refractivity contribution >= 4 is 11.3 Å². The lowest BCUT2D eigenvalue weighted by Gasteiger charge is -2.42. The largest absolute Gasteiger partial charge is 0.468 e. The molecule has 0 aromatic carbocycles. The van der Waals surface area contributed by atoms with E-state index in [1.165, 1.54) is 42.9 Å². The molecular weight excluding hydrogens is 344 g/mol. The fourth-order valence-corrected chi connectivity index (χ4v) is 5.76. The van der Waals surface area contributed by atoms with Crippen molar-refractivity contribution < 1.29 is 9.15 Å². The lowest BCUT2D eigenvalue weighted by molar-refractivity contribution is 0.0352. The molecule has 2 saturated heterocycles. The normalized spacial score (nSPS) is 23.8. The van der Waals surface area contributed by atoms with Crippen LogP contribution in [0.2, 0.25) is 0 Å². The fourth-order valence-electron chi connectivity index (χ4n) is 4.81. The molecule has 0 radical (unpaired) electrons. The quantitative estimate of drug-likeness (QED) is 0.764. The van der Waals surface area contributed by atoms with Gasteiger partial charge in [0.2, 0.25) is 0 Å². The van der Waals surface area contributed by atoms with E-state index in [4.69, 9.17) is 9.15 Å². The molecule has 0 aliphatic carbocycles. The van der Waals surface area contributed by atoms with Gasteiger partial charge in [-0.1, -0.05) is 0 Å². The molecule has 1 unspecified atom stereocenters. The summed E-state index contributed by atoms with van der Waals surface area (Å²) in [4.78, 5) is 6.74. The highest BCUT2D eigenvalue weighted by Gasteiger charge is 2.47. The zero-order valence-electron chi connectivity index (χ0n) is 15.9. The molecule has 4 nitrogen and oxygen atoms in total. The van der Waals surface area contributed by atoms with E-state index in [9.17, 15) is 0 Å². The number of rotatable bonds is 6. The standard InChI is InChI=1S/C21H30N2O2S/c1-17-5-11-26-20(17)14-22-8-6-21(7-9-22)16-23(12-18(21)15-24-2)13-19-4-3-10-25-19/h3-5,10-11,18H,6-9,12-16H2,1-2H3. The van der Waals surface area contributed by atoms with Crippen LogP contribution in [0.15, 0.2) is 34.3 Å². The van der Waals surface area contributed by atoms with Crippen molar-refractivity contribution in [1.29, 1.82) is 0 Å². The summed E-state index contributed by atoms with van der Waals surface area (Å²) in [6.45, 7) is 9.84. The monoisotopic (exact) mass is 374 g/mol. The minimum atomic E-state index is 0.406. The molecule has 0 N–H and O–H groups in total. The predicted octanol–water partition coefficient (Wildman–Crippen LogP) is 4.01. The van der Waals surface area contributed by atoms with Crippen LogP contribution in [0, 0.1) is 18.3 Å². The number of hydrogen-bond donors (Lipinski definition) is 0. The van der Waals surface area contributed by atoms with E-state index >= 15 is 0 Å². The van der Waals surface area contributed by atoms with Gasteiger partial charge in [0.05, 0.1) is 19.4 Å². The van der Waals surface area contributed by atoms with Crippen LogP contribution in [-0.4, -0.2) is 49.7 Å². The van der Waals surface area contributed by atoms with E-state index in [0.29, 0.717) is 11.3 Å². The topological polar surface area (TPSA) is 28.9 Å².